The van der Waals surface area contributed by atoms with E-state index in [0.29, 0.717) is 13.0 Å². The molecule has 1 saturated heterocycles. The van der Waals surface area contributed by atoms with E-state index in [9.17, 15) is 37.1 Å². The fourth-order valence-electron chi connectivity index (χ4n) is 3.63. The third-order valence-corrected chi connectivity index (χ3v) is 5.78. The molecule has 1 aromatic heterocycles. The summed E-state index contributed by atoms with van der Waals surface area (Å²) in [4.78, 5) is 66.6. The Morgan fingerprint density at radius 1 is 1.21 bits per heavy atom. The number of alkyl halides is 3. The number of H-pyrrole nitrogens is 1. The quantitative estimate of drug-likeness (QED) is 0.258. The van der Waals surface area contributed by atoms with Gasteiger partial charge in [-0.2, -0.15) is 18.3 Å². The van der Waals surface area contributed by atoms with Crippen molar-refractivity contribution in [3.8, 4) is 0 Å². The van der Waals surface area contributed by atoms with E-state index < -0.39 is 54.5 Å². The lowest BCUT2D eigenvalue weighted by Crippen LogP contribution is -2.49. The first-order chi connectivity index (χ1) is 17.9. The van der Waals surface area contributed by atoms with Crippen LogP contribution in [0.4, 0.5) is 18.9 Å². The maximum absolute atomic E-state index is 13.1. The van der Waals surface area contributed by atoms with E-state index in [0.717, 1.165) is 6.07 Å². The molecule has 2 aromatic rings. The molecular weight excluding hydrogens is 535 g/mol. The minimum Gasteiger partial charge on any atom is -0.356 e. The summed E-state index contributed by atoms with van der Waals surface area (Å²) in [5.41, 5.74) is -0.410. The maximum atomic E-state index is 13.1. The molecule has 4 amide bonds. The standard InChI is InChI=1S/C22H23ClF3N7O5/c23-12-1-2-14(31-17(34)3-5-22(24,25)26)13(8-12)20(37)32-15(7-11-4-6-27-19(11)36)18(35)21(38)28-9-16-29-10-30-33-16/h1-2,8,10-11,15H,3-7,9H2,(H,27,36)(H,28,38)(H,31,34)(H,32,37)(H,29,30,33). The Morgan fingerprint density at radius 2 is 1.97 bits per heavy atom. The zero-order chi connectivity index (χ0) is 27.9. The summed E-state index contributed by atoms with van der Waals surface area (Å²) < 4.78 is 37.4. The highest BCUT2D eigenvalue weighted by Crippen LogP contribution is 2.25. The number of carbonyl (C=O) groups is 5. The number of hydrogen-bond donors (Lipinski definition) is 5. The molecule has 1 fully saturated rings. The topological polar surface area (TPSA) is 175 Å². The molecular formula is C22H23ClF3N7O5. The van der Waals surface area contributed by atoms with E-state index in [1.165, 1.54) is 18.5 Å². The predicted octanol–water partition coefficient (Wildman–Crippen LogP) is 1.25. The average molecular weight is 558 g/mol. The number of anilines is 1. The highest BCUT2D eigenvalue weighted by atomic mass is 35.5. The van der Waals surface area contributed by atoms with Gasteiger partial charge in [-0.25, -0.2) is 4.98 Å². The van der Waals surface area contributed by atoms with Crippen molar-refractivity contribution in [3.05, 3.63) is 40.9 Å². The molecule has 2 atom stereocenters. The molecule has 1 aliphatic heterocycles. The molecule has 5 N–H and O–H groups in total. The van der Waals surface area contributed by atoms with E-state index in [1.807, 2.05) is 0 Å². The highest BCUT2D eigenvalue weighted by molar-refractivity contribution is 6.38. The van der Waals surface area contributed by atoms with Gasteiger partial charge in [0, 0.05) is 23.9 Å². The first kappa shape index (κ1) is 28.6. The lowest BCUT2D eigenvalue weighted by atomic mass is 9.95. The lowest BCUT2D eigenvalue weighted by Gasteiger charge is -2.20. The molecule has 1 aliphatic rings. The Kier molecular flexibility index (Phi) is 9.39. The van der Waals surface area contributed by atoms with Crippen LogP contribution in [0, 0.1) is 5.92 Å². The van der Waals surface area contributed by atoms with Gasteiger partial charge in [0.05, 0.1) is 30.3 Å². The third-order valence-electron chi connectivity index (χ3n) is 5.55. The summed E-state index contributed by atoms with van der Waals surface area (Å²) in [6, 6.07) is 2.22. The number of halogens is 4. The Morgan fingerprint density at radius 3 is 2.61 bits per heavy atom. The van der Waals surface area contributed by atoms with Gasteiger partial charge in [-0.15, -0.1) is 0 Å². The van der Waals surface area contributed by atoms with Crippen molar-refractivity contribution < 1.29 is 37.1 Å². The van der Waals surface area contributed by atoms with E-state index in [1.54, 1.807) is 0 Å². The summed E-state index contributed by atoms with van der Waals surface area (Å²) in [6.45, 7) is 0.204. The van der Waals surface area contributed by atoms with Gasteiger partial charge in [0.15, 0.2) is 0 Å². The first-order valence-corrected chi connectivity index (χ1v) is 11.7. The van der Waals surface area contributed by atoms with E-state index in [2.05, 4.69) is 36.4 Å². The first-order valence-electron chi connectivity index (χ1n) is 11.3. The van der Waals surface area contributed by atoms with Crippen LogP contribution in [0.1, 0.15) is 41.9 Å². The molecule has 16 heteroatoms. The van der Waals surface area contributed by atoms with Crippen LogP contribution in [-0.2, 0) is 25.7 Å². The lowest BCUT2D eigenvalue weighted by molar-refractivity contribution is -0.142. The second kappa shape index (κ2) is 12.5. The van der Waals surface area contributed by atoms with Gasteiger partial charge < -0.3 is 21.3 Å². The van der Waals surface area contributed by atoms with Gasteiger partial charge in [0.1, 0.15) is 12.2 Å². The number of rotatable bonds is 11. The van der Waals surface area contributed by atoms with Crippen molar-refractivity contribution >= 4 is 46.7 Å². The summed E-state index contributed by atoms with van der Waals surface area (Å²) in [7, 11) is 0. The van der Waals surface area contributed by atoms with Crippen LogP contribution in [0.3, 0.4) is 0 Å². The maximum Gasteiger partial charge on any atom is 0.389 e. The number of aromatic nitrogens is 3. The van der Waals surface area contributed by atoms with Crippen molar-refractivity contribution in [2.75, 3.05) is 11.9 Å². The van der Waals surface area contributed by atoms with Gasteiger partial charge in [-0.3, -0.25) is 29.1 Å². The van der Waals surface area contributed by atoms with Gasteiger partial charge in [-0.1, -0.05) is 11.6 Å². The van der Waals surface area contributed by atoms with Crippen LogP contribution >= 0.6 is 11.6 Å². The smallest absolute Gasteiger partial charge is 0.356 e. The number of nitrogens with zero attached hydrogens (tertiary/aromatic N) is 2. The fraction of sp³-hybridized carbons (Fsp3) is 0.409. The molecule has 204 valence electrons. The van der Waals surface area contributed by atoms with Crippen LogP contribution in [0.15, 0.2) is 24.5 Å². The van der Waals surface area contributed by atoms with Crippen molar-refractivity contribution in [2.45, 2.75) is 44.4 Å². The predicted molar refractivity (Wildman–Crippen MR) is 126 cm³/mol. The Labute approximate surface area is 218 Å². The number of hydrogen-bond acceptors (Lipinski definition) is 7. The number of nitrogens with one attached hydrogen (secondary N) is 5. The van der Waals surface area contributed by atoms with Crippen LogP contribution in [-0.4, -0.2) is 63.4 Å². The molecule has 1 aromatic carbocycles. The van der Waals surface area contributed by atoms with Gasteiger partial charge in [0.25, 0.3) is 11.8 Å². The van der Waals surface area contributed by atoms with Crippen molar-refractivity contribution in [1.82, 2.24) is 31.1 Å². The summed E-state index contributed by atoms with van der Waals surface area (Å²) in [6.07, 6.45) is -5.41. The fourth-order valence-corrected chi connectivity index (χ4v) is 3.80. The van der Waals surface area contributed by atoms with Crippen LogP contribution in [0.5, 0.6) is 0 Å². The third kappa shape index (κ3) is 8.26. The van der Waals surface area contributed by atoms with E-state index in [-0.39, 0.29) is 41.0 Å². The number of benzene rings is 1. The second-order valence-corrected chi connectivity index (χ2v) is 8.81. The Hall–Kier alpha value is -4.01. The minimum atomic E-state index is -4.55. The monoisotopic (exact) mass is 557 g/mol. The summed E-state index contributed by atoms with van der Waals surface area (Å²) in [5, 5.41) is 15.8. The average Bonchev–Trinajstić information content (AvgIpc) is 3.52. The van der Waals surface area contributed by atoms with Crippen LogP contribution in [0.2, 0.25) is 5.02 Å². The zero-order valence-corrected chi connectivity index (χ0v) is 20.4. The number of amides is 4. The van der Waals surface area contributed by atoms with Gasteiger partial charge >= 0.3 is 6.18 Å². The van der Waals surface area contributed by atoms with E-state index in [4.69, 9.17) is 11.6 Å². The highest BCUT2D eigenvalue weighted by Gasteiger charge is 2.35. The van der Waals surface area contributed by atoms with Gasteiger partial charge in [-0.05, 0) is 31.0 Å². The van der Waals surface area contributed by atoms with Gasteiger partial charge in [0.2, 0.25) is 17.6 Å². The summed E-state index contributed by atoms with van der Waals surface area (Å²) >= 11 is 5.98. The Balaban J connectivity index is 1.76. The molecule has 0 radical (unpaired) electrons. The van der Waals surface area contributed by atoms with E-state index >= 15 is 0 Å². The molecule has 0 bridgehead atoms. The van der Waals surface area contributed by atoms with Crippen LogP contribution < -0.4 is 21.3 Å². The van der Waals surface area contributed by atoms with Crippen molar-refractivity contribution in [3.63, 3.8) is 0 Å². The number of aromatic amines is 1. The minimum absolute atomic E-state index is 0.0614. The molecule has 2 heterocycles. The van der Waals surface area contributed by atoms with Crippen LogP contribution in [0.25, 0.3) is 0 Å². The largest absolute Gasteiger partial charge is 0.389 e. The zero-order valence-electron chi connectivity index (χ0n) is 19.7. The molecule has 0 spiro atoms. The number of Topliss-reactive ketones (excluding diaryl/α,β-unsaturated/α-hetero) is 1. The molecule has 0 saturated carbocycles. The molecule has 0 aliphatic carbocycles. The Bertz CT molecular complexity index is 1210. The van der Waals surface area contributed by atoms with Crippen molar-refractivity contribution in [2.24, 2.45) is 5.92 Å². The second-order valence-electron chi connectivity index (χ2n) is 8.37. The molecule has 38 heavy (non-hydrogen) atoms. The molecule has 2 unspecified atom stereocenters. The van der Waals surface area contributed by atoms with Crippen molar-refractivity contribution in [1.29, 1.82) is 0 Å². The summed E-state index contributed by atoms with van der Waals surface area (Å²) in [5.74, 6) is -4.79. The molecule has 3 rings (SSSR count). The SMILES string of the molecule is O=C(CCC(F)(F)F)Nc1ccc(Cl)cc1C(=O)NC(CC1CCNC1=O)C(=O)C(=O)NCc1ncn[nH]1. The molecule has 12 nitrogen and oxygen atoms in total. The number of ketones is 1. The normalized spacial score (nSPS) is 15.9. The number of carbonyl (C=O) groups excluding carboxylic acids is 5.